The SMILES string of the molecule is COc1ccc(C)cc1Nc1nc(C)cc(C(=O)Nc2ccc(Cl)cc2)n1. The molecule has 6 nitrogen and oxygen atoms in total. The third kappa shape index (κ3) is 4.74. The van der Waals surface area contributed by atoms with Crippen molar-refractivity contribution >= 4 is 34.8 Å². The number of ether oxygens (including phenoxy) is 1. The largest absolute Gasteiger partial charge is 0.495 e. The Labute approximate surface area is 162 Å². The van der Waals surface area contributed by atoms with Gasteiger partial charge in [-0.3, -0.25) is 4.79 Å². The van der Waals surface area contributed by atoms with Crippen LogP contribution in [-0.4, -0.2) is 23.0 Å². The van der Waals surface area contributed by atoms with E-state index in [-0.39, 0.29) is 11.6 Å². The Morgan fingerprint density at radius 1 is 1.04 bits per heavy atom. The molecule has 138 valence electrons. The maximum atomic E-state index is 12.5. The Morgan fingerprint density at radius 2 is 1.78 bits per heavy atom. The minimum Gasteiger partial charge on any atom is -0.495 e. The van der Waals surface area contributed by atoms with Crippen molar-refractivity contribution in [3.8, 4) is 5.75 Å². The van der Waals surface area contributed by atoms with Crippen LogP contribution in [0.3, 0.4) is 0 Å². The van der Waals surface area contributed by atoms with Gasteiger partial charge in [0.2, 0.25) is 5.95 Å². The molecule has 0 radical (unpaired) electrons. The lowest BCUT2D eigenvalue weighted by Crippen LogP contribution is -2.15. The molecule has 0 saturated carbocycles. The minimum absolute atomic E-state index is 0.256. The molecule has 1 aromatic heterocycles. The Balaban J connectivity index is 1.85. The van der Waals surface area contributed by atoms with Crippen LogP contribution in [0.15, 0.2) is 48.5 Å². The first kappa shape index (κ1) is 18.7. The van der Waals surface area contributed by atoms with Crippen LogP contribution in [0.25, 0.3) is 0 Å². The summed E-state index contributed by atoms with van der Waals surface area (Å²) < 4.78 is 5.36. The summed E-state index contributed by atoms with van der Waals surface area (Å²) >= 11 is 5.87. The Hall–Kier alpha value is -3.12. The first-order valence-corrected chi connectivity index (χ1v) is 8.66. The molecule has 0 fully saturated rings. The van der Waals surface area contributed by atoms with E-state index in [9.17, 15) is 4.79 Å². The zero-order chi connectivity index (χ0) is 19.4. The maximum Gasteiger partial charge on any atom is 0.274 e. The highest BCUT2D eigenvalue weighted by molar-refractivity contribution is 6.30. The standard InChI is InChI=1S/C20H19ClN4O2/c1-12-4-9-18(27-3)16(10-12)24-20-22-13(2)11-17(25-20)19(26)23-15-7-5-14(21)6-8-15/h4-11H,1-3H3,(H,23,26)(H,22,24,25). The van der Waals surface area contributed by atoms with E-state index in [0.29, 0.717) is 28.1 Å². The van der Waals surface area contributed by atoms with Crippen molar-refractivity contribution in [1.82, 2.24) is 9.97 Å². The highest BCUT2D eigenvalue weighted by Gasteiger charge is 2.13. The van der Waals surface area contributed by atoms with E-state index in [0.717, 1.165) is 11.3 Å². The number of carbonyl (C=O) groups excluding carboxylic acids is 1. The molecule has 1 amide bonds. The van der Waals surface area contributed by atoms with Gasteiger partial charge in [0.05, 0.1) is 12.8 Å². The van der Waals surface area contributed by atoms with Gasteiger partial charge in [-0.1, -0.05) is 17.7 Å². The molecule has 0 bridgehead atoms. The number of hydrogen-bond acceptors (Lipinski definition) is 5. The molecule has 3 aromatic rings. The van der Waals surface area contributed by atoms with Crippen molar-refractivity contribution in [3.63, 3.8) is 0 Å². The van der Waals surface area contributed by atoms with Gasteiger partial charge < -0.3 is 15.4 Å². The molecule has 0 aliphatic carbocycles. The van der Waals surface area contributed by atoms with Gasteiger partial charge in [0.1, 0.15) is 11.4 Å². The molecule has 27 heavy (non-hydrogen) atoms. The number of benzene rings is 2. The lowest BCUT2D eigenvalue weighted by molar-refractivity contribution is 0.102. The lowest BCUT2D eigenvalue weighted by atomic mass is 10.2. The van der Waals surface area contributed by atoms with Crippen LogP contribution >= 0.6 is 11.6 Å². The number of methoxy groups -OCH3 is 1. The fourth-order valence-corrected chi connectivity index (χ4v) is 2.64. The van der Waals surface area contributed by atoms with Gasteiger partial charge in [-0.15, -0.1) is 0 Å². The quantitative estimate of drug-likeness (QED) is 0.665. The number of halogens is 1. The first-order valence-electron chi connectivity index (χ1n) is 8.29. The van der Waals surface area contributed by atoms with Crippen LogP contribution in [0.2, 0.25) is 5.02 Å². The van der Waals surface area contributed by atoms with Crippen molar-refractivity contribution in [3.05, 3.63) is 70.5 Å². The number of anilines is 3. The molecule has 1 heterocycles. The van der Waals surface area contributed by atoms with E-state index in [1.54, 1.807) is 44.4 Å². The highest BCUT2D eigenvalue weighted by atomic mass is 35.5. The second-order valence-corrected chi connectivity index (χ2v) is 6.44. The van der Waals surface area contributed by atoms with E-state index in [2.05, 4.69) is 20.6 Å². The number of aryl methyl sites for hydroxylation is 2. The number of carbonyl (C=O) groups is 1. The molecule has 2 N–H and O–H groups in total. The zero-order valence-corrected chi connectivity index (χ0v) is 16.0. The van der Waals surface area contributed by atoms with E-state index in [1.165, 1.54) is 0 Å². The number of amides is 1. The number of nitrogens with zero attached hydrogens (tertiary/aromatic N) is 2. The van der Waals surface area contributed by atoms with Crippen LogP contribution in [0, 0.1) is 13.8 Å². The Kier molecular flexibility index (Phi) is 5.57. The van der Waals surface area contributed by atoms with Gasteiger partial charge in [0.25, 0.3) is 5.91 Å². The summed E-state index contributed by atoms with van der Waals surface area (Å²) in [5.74, 6) is 0.653. The van der Waals surface area contributed by atoms with Crippen molar-refractivity contribution in [2.45, 2.75) is 13.8 Å². The fourth-order valence-electron chi connectivity index (χ4n) is 2.51. The number of aromatic nitrogens is 2. The summed E-state index contributed by atoms with van der Waals surface area (Å²) in [5.41, 5.74) is 3.35. The second kappa shape index (κ2) is 8.05. The van der Waals surface area contributed by atoms with Crippen molar-refractivity contribution in [1.29, 1.82) is 0 Å². The van der Waals surface area contributed by atoms with E-state index in [1.807, 2.05) is 25.1 Å². The van der Waals surface area contributed by atoms with Gasteiger partial charge >= 0.3 is 0 Å². The smallest absolute Gasteiger partial charge is 0.274 e. The summed E-state index contributed by atoms with van der Waals surface area (Å²) in [6, 6.07) is 14.2. The molecule has 0 atom stereocenters. The highest BCUT2D eigenvalue weighted by Crippen LogP contribution is 2.27. The average molecular weight is 383 g/mol. The summed E-state index contributed by atoms with van der Waals surface area (Å²) in [4.78, 5) is 21.2. The molecule has 0 spiro atoms. The van der Waals surface area contributed by atoms with Crippen molar-refractivity contribution in [2.75, 3.05) is 17.7 Å². The zero-order valence-electron chi connectivity index (χ0n) is 15.2. The Bertz CT molecular complexity index is 974. The number of hydrogen-bond donors (Lipinski definition) is 2. The van der Waals surface area contributed by atoms with Gasteiger partial charge in [-0.05, 0) is 61.9 Å². The minimum atomic E-state index is -0.331. The lowest BCUT2D eigenvalue weighted by Gasteiger charge is -2.12. The number of nitrogens with one attached hydrogen (secondary N) is 2. The van der Waals surface area contributed by atoms with Crippen LogP contribution in [0.4, 0.5) is 17.3 Å². The molecule has 2 aromatic carbocycles. The van der Waals surface area contributed by atoms with E-state index >= 15 is 0 Å². The van der Waals surface area contributed by atoms with E-state index < -0.39 is 0 Å². The fraction of sp³-hybridized carbons (Fsp3) is 0.150. The van der Waals surface area contributed by atoms with Crippen LogP contribution < -0.4 is 15.4 Å². The van der Waals surface area contributed by atoms with Crippen LogP contribution in [0.1, 0.15) is 21.7 Å². The average Bonchev–Trinajstić information content (AvgIpc) is 2.63. The van der Waals surface area contributed by atoms with Crippen LogP contribution in [0.5, 0.6) is 5.75 Å². The number of rotatable bonds is 5. The first-order chi connectivity index (χ1) is 12.9. The third-order valence-corrected chi connectivity index (χ3v) is 4.04. The summed E-state index contributed by atoms with van der Waals surface area (Å²) in [7, 11) is 1.60. The summed E-state index contributed by atoms with van der Waals surface area (Å²) in [6.45, 7) is 3.78. The molecular weight excluding hydrogens is 364 g/mol. The van der Waals surface area contributed by atoms with Crippen molar-refractivity contribution < 1.29 is 9.53 Å². The molecule has 0 saturated heterocycles. The normalized spacial score (nSPS) is 10.4. The van der Waals surface area contributed by atoms with Gasteiger partial charge in [0.15, 0.2) is 0 Å². The van der Waals surface area contributed by atoms with Gasteiger partial charge in [-0.2, -0.15) is 0 Å². The van der Waals surface area contributed by atoms with Gasteiger partial charge in [-0.25, -0.2) is 9.97 Å². The molecular formula is C20H19ClN4O2. The topological polar surface area (TPSA) is 76.1 Å². The predicted molar refractivity (Wildman–Crippen MR) is 107 cm³/mol. The van der Waals surface area contributed by atoms with Gasteiger partial charge in [0, 0.05) is 16.4 Å². The van der Waals surface area contributed by atoms with Crippen LogP contribution in [-0.2, 0) is 0 Å². The summed E-state index contributed by atoms with van der Waals surface area (Å²) in [6.07, 6.45) is 0. The maximum absolute atomic E-state index is 12.5. The molecule has 0 aliphatic rings. The molecule has 3 rings (SSSR count). The van der Waals surface area contributed by atoms with Crippen molar-refractivity contribution in [2.24, 2.45) is 0 Å². The van der Waals surface area contributed by atoms with E-state index in [4.69, 9.17) is 16.3 Å². The predicted octanol–water partition coefficient (Wildman–Crippen LogP) is 4.75. The second-order valence-electron chi connectivity index (χ2n) is 6.01. The molecule has 0 aliphatic heterocycles. The molecule has 7 heteroatoms. The summed E-state index contributed by atoms with van der Waals surface area (Å²) in [5, 5.41) is 6.52. The Morgan fingerprint density at radius 3 is 2.48 bits per heavy atom. The monoisotopic (exact) mass is 382 g/mol. The third-order valence-electron chi connectivity index (χ3n) is 3.79. The molecule has 0 unspecified atom stereocenters.